The summed E-state index contributed by atoms with van der Waals surface area (Å²) >= 11 is 0. The molecule has 0 saturated heterocycles. The molecule has 0 radical (unpaired) electrons. The van der Waals surface area contributed by atoms with Crippen molar-refractivity contribution in [1.82, 2.24) is 5.32 Å². The predicted molar refractivity (Wildman–Crippen MR) is 75.6 cm³/mol. The summed E-state index contributed by atoms with van der Waals surface area (Å²) < 4.78 is 0. The lowest BCUT2D eigenvalue weighted by Crippen LogP contribution is -2.33. The SMILES string of the molecule is C=C(C)CNC(N)=NCC(CO)c1ccccc1. The van der Waals surface area contributed by atoms with Crippen molar-refractivity contribution in [2.24, 2.45) is 10.7 Å². The summed E-state index contributed by atoms with van der Waals surface area (Å²) in [5.74, 6) is 0.365. The van der Waals surface area contributed by atoms with Crippen LogP contribution >= 0.6 is 0 Å². The second-order valence-corrected chi connectivity index (χ2v) is 4.33. The highest BCUT2D eigenvalue weighted by molar-refractivity contribution is 5.78. The van der Waals surface area contributed by atoms with Crippen molar-refractivity contribution in [3.63, 3.8) is 0 Å². The van der Waals surface area contributed by atoms with Crippen molar-refractivity contribution >= 4 is 5.96 Å². The van der Waals surface area contributed by atoms with Crippen molar-refractivity contribution in [1.29, 1.82) is 0 Å². The third kappa shape index (κ3) is 5.01. The Morgan fingerprint density at radius 1 is 1.44 bits per heavy atom. The molecule has 0 fully saturated rings. The van der Waals surface area contributed by atoms with Crippen LogP contribution in [0.25, 0.3) is 0 Å². The van der Waals surface area contributed by atoms with Gasteiger partial charge in [-0.05, 0) is 12.5 Å². The zero-order valence-electron chi connectivity index (χ0n) is 10.8. The molecule has 1 atom stereocenters. The molecule has 0 bridgehead atoms. The van der Waals surface area contributed by atoms with Gasteiger partial charge in [0.1, 0.15) is 0 Å². The number of nitrogens with zero attached hydrogens (tertiary/aromatic N) is 1. The summed E-state index contributed by atoms with van der Waals surface area (Å²) in [6, 6.07) is 9.81. The van der Waals surface area contributed by atoms with E-state index in [2.05, 4.69) is 16.9 Å². The lowest BCUT2D eigenvalue weighted by atomic mass is 10.0. The van der Waals surface area contributed by atoms with Crippen LogP contribution in [0, 0.1) is 0 Å². The van der Waals surface area contributed by atoms with Crippen LogP contribution in [0.15, 0.2) is 47.5 Å². The van der Waals surface area contributed by atoms with Crippen LogP contribution in [0.2, 0.25) is 0 Å². The van der Waals surface area contributed by atoms with E-state index in [0.29, 0.717) is 19.0 Å². The van der Waals surface area contributed by atoms with Crippen LogP contribution in [0.3, 0.4) is 0 Å². The fraction of sp³-hybridized carbons (Fsp3) is 0.357. The molecule has 0 saturated carbocycles. The Balaban J connectivity index is 2.54. The van der Waals surface area contributed by atoms with Crippen LogP contribution in [0.4, 0.5) is 0 Å². The van der Waals surface area contributed by atoms with Gasteiger partial charge in [0.2, 0.25) is 0 Å². The third-order valence-electron chi connectivity index (χ3n) is 2.54. The van der Waals surface area contributed by atoms with E-state index in [1.165, 1.54) is 0 Å². The predicted octanol–water partition coefficient (Wildman–Crippen LogP) is 1.24. The maximum atomic E-state index is 9.37. The lowest BCUT2D eigenvalue weighted by molar-refractivity contribution is 0.268. The zero-order chi connectivity index (χ0) is 13.4. The van der Waals surface area contributed by atoms with Crippen LogP contribution < -0.4 is 11.1 Å². The fourth-order valence-electron chi connectivity index (χ4n) is 1.50. The minimum Gasteiger partial charge on any atom is -0.396 e. The highest BCUT2D eigenvalue weighted by Gasteiger charge is 2.09. The summed E-state index contributed by atoms with van der Waals surface area (Å²) in [6.07, 6.45) is 0. The molecule has 0 heterocycles. The second kappa shape index (κ2) is 7.50. The van der Waals surface area contributed by atoms with Crippen molar-refractivity contribution in [2.45, 2.75) is 12.8 Å². The number of aliphatic hydroxyl groups excluding tert-OH is 1. The van der Waals surface area contributed by atoms with Crippen molar-refractivity contribution in [3.05, 3.63) is 48.0 Å². The maximum Gasteiger partial charge on any atom is 0.188 e. The highest BCUT2D eigenvalue weighted by Crippen LogP contribution is 2.14. The van der Waals surface area contributed by atoms with Gasteiger partial charge >= 0.3 is 0 Å². The third-order valence-corrected chi connectivity index (χ3v) is 2.54. The van der Waals surface area contributed by atoms with Gasteiger partial charge < -0.3 is 16.2 Å². The van der Waals surface area contributed by atoms with Gasteiger partial charge in [-0.15, -0.1) is 0 Å². The smallest absolute Gasteiger partial charge is 0.188 e. The van der Waals surface area contributed by atoms with E-state index in [4.69, 9.17) is 5.73 Å². The summed E-state index contributed by atoms with van der Waals surface area (Å²) in [6.45, 7) is 6.83. The number of guanidine groups is 1. The molecule has 1 rings (SSSR count). The standard InChI is InChI=1S/C14H21N3O/c1-11(2)8-16-14(15)17-9-13(10-18)12-6-4-3-5-7-12/h3-7,13,18H,1,8-10H2,2H3,(H3,15,16,17). The van der Waals surface area contributed by atoms with E-state index in [9.17, 15) is 5.11 Å². The van der Waals surface area contributed by atoms with E-state index in [1.54, 1.807) is 0 Å². The Morgan fingerprint density at radius 2 is 2.11 bits per heavy atom. The first kappa shape index (κ1) is 14.3. The average Bonchev–Trinajstić information content (AvgIpc) is 2.38. The van der Waals surface area contributed by atoms with Gasteiger partial charge in [-0.1, -0.05) is 42.5 Å². The number of nitrogens with one attached hydrogen (secondary N) is 1. The van der Waals surface area contributed by atoms with E-state index in [0.717, 1.165) is 11.1 Å². The topological polar surface area (TPSA) is 70.6 Å². The van der Waals surface area contributed by atoms with Gasteiger partial charge in [-0.3, -0.25) is 4.99 Å². The quantitative estimate of drug-likeness (QED) is 0.402. The van der Waals surface area contributed by atoms with E-state index < -0.39 is 0 Å². The van der Waals surface area contributed by atoms with Gasteiger partial charge in [-0.25, -0.2) is 0 Å². The highest BCUT2D eigenvalue weighted by atomic mass is 16.3. The van der Waals surface area contributed by atoms with Crippen LogP contribution in [-0.4, -0.2) is 30.8 Å². The molecule has 4 heteroatoms. The van der Waals surface area contributed by atoms with Crippen molar-refractivity contribution in [3.8, 4) is 0 Å². The molecule has 4 nitrogen and oxygen atoms in total. The molecule has 0 aliphatic heterocycles. The number of hydrogen-bond acceptors (Lipinski definition) is 2. The van der Waals surface area contributed by atoms with Gasteiger partial charge in [0, 0.05) is 12.5 Å². The molecule has 0 spiro atoms. The van der Waals surface area contributed by atoms with Gasteiger partial charge in [-0.2, -0.15) is 0 Å². The molecule has 0 aromatic heterocycles. The van der Waals surface area contributed by atoms with Crippen LogP contribution in [0.1, 0.15) is 18.4 Å². The largest absolute Gasteiger partial charge is 0.396 e. The minimum atomic E-state index is -0.0172. The summed E-state index contributed by atoms with van der Waals surface area (Å²) in [4.78, 5) is 4.23. The van der Waals surface area contributed by atoms with Crippen LogP contribution in [0.5, 0.6) is 0 Å². The Kier molecular flexibility index (Phi) is 5.94. The minimum absolute atomic E-state index is 0.0172. The number of rotatable bonds is 6. The second-order valence-electron chi connectivity index (χ2n) is 4.33. The molecule has 4 N–H and O–H groups in total. The van der Waals surface area contributed by atoms with E-state index in [1.807, 2.05) is 37.3 Å². The number of aliphatic imine (C=N–C) groups is 1. The maximum absolute atomic E-state index is 9.37. The number of aliphatic hydroxyl groups is 1. The first-order valence-electron chi connectivity index (χ1n) is 5.97. The van der Waals surface area contributed by atoms with Gasteiger partial charge in [0.15, 0.2) is 5.96 Å². The van der Waals surface area contributed by atoms with Crippen molar-refractivity contribution in [2.75, 3.05) is 19.7 Å². The zero-order valence-corrected chi connectivity index (χ0v) is 10.8. The molecule has 0 aliphatic rings. The normalized spacial score (nSPS) is 13.1. The van der Waals surface area contributed by atoms with E-state index in [-0.39, 0.29) is 12.5 Å². The molecule has 18 heavy (non-hydrogen) atoms. The summed E-state index contributed by atoms with van der Waals surface area (Å²) in [7, 11) is 0. The molecule has 98 valence electrons. The molecule has 1 aromatic carbocycles. The summed E-state index contributed by atoms with van der Waals surface area (Å²) in [5.41, 5.74) is 7.78. The molecule has 0 aliphatic carbocycles. The number of benzene rings is 1. The molecular weight excluding hydrogens is 226 g/mol. The molecule has 0 amide bonds. The van der Waals surface area contributed by atoms with Crippen LogP contribution in [-0.2, 0) is 0 Å². The number of hydrogen-bond donors (Lipinski definition) is 3. The van der Waals surface area contributed by atoms with Gasteiger partial charge in [0.05, 0.1) is 13.2 Å². The number of nitrogens with two attached hydrogens (primary N) is 1. The Labute approximate surface area is 108 Å². The lowest BCUT2D eigenvalue weighted by Gasteiger charge is -2.12. The first-order valence-corrected chi connectivity index (χ1v) is 5.97. The Morgan fingerprint density at radius 3 is 2.67 bits per heavy atom. The van der Waals surface area contributed by atoms with E-state index >= 15 is 0 Å². The monoisotopic (exact) mass is 247 g/mol. The first-order chi connectivity index (χ1) is 8.63. The molecule has 1 unspecified atom stereocenters. The van der Waals surface area contributed by atoms with Gasteiger partial charge in [0.25, 0.3) is 0 Å². The fourth-order valence-corrected chi connectivity index (χ4v) is 1.50. The van der Waals surface area contributed by atoms with Crippen molar-refractivity contribution < 1.29 is 5.11 Å². The average molecular weight is 247 g/mol. The Hall–Kier alpha value is -1.81. The Bertz CT molecular complexity index is 401. The summed E-state index contributed by atoms with van der Waals surface area (Å²) in [5, 5.41) is 12.3. The molecule has 1 aromatic rings. The molecular formula is C14H21N3O.